The quantitative estimate of drug-likeness (QED) is 0.461. The van der Waals surface area contributed by atoms with Crippen LogP contribution in [0.3, 0.4) is 0 Å². The molecule has 0 saturated carbocycles. The van der Waals surface area contributed by atoms with Crippen LogP contribution in [0.15, 0.2) is 30.3 Å². The number of unbranched alkanes of at least 4 members (excludes halogenated alkanes) is 4. The van der Waals surface area contributed by atoms with Crippen molar-refractivity contribution in [1.29, 1.82) is 0 Å². The van der Waals surface area contributed by atoms with Gasteiger partial charge in [-0.3, -0.25) is 4.79 Å². The zero-order valence-corrected chi connectivity index (χ0v) is 19.0. The summed E-state index contributed by atoms with van der Waals surface area (Å²) in [6.07, 6.45) is 6.16. The number of rotatable bonds is 8. The lowest BCUT2D eigenvalue weighted by atomic mass is 10.1. The minimum atomic E-state index is -3.06. The summed E-state index contributed by atoms with van der Waals surface area (Å²) in [7, 11) is -6.40. The zero-order chi connectivity index (χ0) is 16.4. The summed E-state index contributed by atoms with van der Waals surface area (Å²) in [5, 5.41) is 1.03. The van der Waals surface area contributed by atoms with Gasteiger partial charge >= 0.3 is 8.56 Å². The highest BCUT2D eigenvalue weighted by Gasteiger charge is 2.47. The van der Waals surface area contributed by atoms with Gasteiger partial charge in [0.2, 0.25) is 0 Å². The van der Waals surface area contributed by atoms with Crippen molar-refractivity contribution in [3.8, 4) is 0 Å². The average molecular weight is 387 g/mol. The molecule has 0 amide bonds. The molecule has 0 bridgehead atoms. The fraction of sp³-hybridized carbons (Fsp3) is 0.500. The van der Waals surface area contributed by atoms with Crippen LogP contribution in [0.4, 0.5) is 0 Å². The van der Waals surface area contributed by atoms with E-state index in [0.717, 1.165) is 18.0 Å². The van der Waals surface area contributed by atoms with Crippen LogP contribution in [0.25, 0.3) is 0 Å². The van der Waals surface area contributed by atoms with E-state index in [1.165, 1.54) is 19.3 Å². The fourth-order valence-corrected chi connectivity index (χ4v) is 13.4. The molecule has 1 aliphatic rings. The molecule has 5 nitrogen and oxygen atoms in total. The Kier molecular flexibility index (Phi) is 8.61. The van der Waals surface area contributed by atoms with E-state index >= 15 is 0 Å². The minimum absolute atomic E-state index is 0.135. The summed E-state index contributed by atoms with van der Waals surface area (Å²) in [5.74, 6) is 0. The van der Waals surface area contributed by atoms with Crippen molar-refractivity contribution in [2.45, 2.75) is 45.4 Å². The monoisotopic (exact) mass is 386 g/mol. The van der Waals surface area contributed by atoms with Crippen LogP contribution in [0.2, 0.25) is 0 Å². The van der Waals surface area contributed by atoms with Gasteiger partial charge in [-0.1, -0.05) is 62.9 Å². The Balaban J connectivity index is 2.07. The molecule has 0 radical (unpaired) electrons. The van der Waals surface area contributed by atoms with Crippen molar-refractivity contribution < 1.29 is 21.3 Å². The zero-order valence-electron chi connectivity index (χ0n) is 13.8. The fourth-order valence-electron chi connectivity index (χ4n) is 2.62. The van der Waals surface area contributed by atoms with E-state index in [0.29, 0.717) is 6.42 Å². The summed E-state index contributed by atoms with van der Waals surface area (Å²) >= 11 is 0. The van der Waals surface area contributed by atoms with Gasteiger partial charge in [0, 0.05) is 6.42 Å². The van der Waals surface area contributed by atoms with Crippen LogP contribution < -0.4 is 5.19 Å². The van der Waals surface area contributed by atoms with Gasteiger partial charge in [-0.15, -0.1) is 0 Å². The number of hydrogen-bond donors (Lipinski definition) is 0. The molecule has 0 spiro atoms. The van der Waals surface area contributed by atoms with Gasteiger partial charge in [0.15, 0.2) is 5.41 Å². The first kappa shape index (κ1) is 18.9. The normalized spacial score (nSPS) is 25.4. The van der Waals surface area contributed by atoms with Crippen molar-refractivity contribution in [2.75, 3.05) is 0 Å². The lowest BCUT2D eigenvalue weighted by molar-refractivity contribution is -0.114. The lowest BCUT2D eigenvalue weighted by Crippen LogP contribution is -2.63. The molecular weight excluding hydrogens is 360 g/mol. The third kappa shape index (κ3) is 5.57. The van der Waals surface area contributed by atoms with Crippen LogP contribution in [-0.4, -0.2) is 44.0 Å². The first-order chi connectivity index (χ1) is 11.3. The van der Waals surface area contributed by atoms with Crippen LogP contribution >= 0.6 is 0 Å². The molecule has 1 aromatic rings. The molecule has 0 aromatic heterocycles. The molecule has 0 atom stereocenters. The smallest absolute Gasteiger partial charge is 0.425 e. The van der Waals surface area contributed by atoms with Gasteiger partial charge in [0.05, 0.1) is 0 Å². The van der Waals surface area contributed by atoms with E-state index in [-0.39, 0.29) is 5.41 Å². The molecule has 23 heavy (non-hydrogen) atoms. The van der Waals surface area contributed by atoms with E-state index in [2.05, 4.69) is 6.92 Å². The van der Waals surface area contributed by atoms with Gasteiger partial charge in [0.1, 0.15) is 0 Å². The van der Waals surface area contributed by atoms with Gasteiger partial charge < -0.3 is 16.5 Å². The molecule has 9 heteroatoms. The number of hydrogen-bond acceptors (Lipinski definition) is 5. The summed E-state index contributed by atoms with van der Waals surface area (Å²) < 4.78 is 23.2. The van der Waals surface area contributed by atoms with Crippen LogP contribution in [-0.2, 0) is 21.3 Å². The van der Waals surface area contributed by atoms with Crippen molar-refractivity contribution in [1.82, 2.24) is 0 Å². The lowest BCUT2D eigenvalue weighted by Gasteiger charge is -2.31. The predicted octanol–water partition coefficient (Wildman–Crippen LogP) is -0.119. The molecule has 1 aromatic carbocycles. The first-order valence-electron chi connectivity index (χ1n) is 8.32. The molecule has 0 unspecified atom stereocenters. The summed E-state index contributed by atoms with van der Waals surface area (Å²) in [5.41, 5.74) is 0. The maximum atomic E-state index is 13.0. The van der Waals surface area contributed by atoms with E-state index in [9.17, 15) is 4.79 Å². The Morgan fingerprint density at radius 1 is 0.957 bits per heavy atom. The number of benzene rings is 1. The van der Waals surface area contributed by atoms with Crippen LogP contribution in [0.1, 0.15) is 45.4 Å². The minimum Gasteiger partial charge on any atom is -0.425 e. The molecule has 128 valence electrons. The molecule has 1 fully saturated rings. The largest absolute Gasteiger partial charge is 0.426 e. The van der Waals surface area contributed by atoms with Gasteiger partial charge in [-0.2, -0.15) is 0 Å². The Morgan fingerprint density at radius 3 is 2.26 bits per heavy atom. The molecular formula is C14H26O5Si4. The van der Waals surface area contributed by atoms with E-state index in [1.807, 2.05) is 30.3 Å². The Hall–Kier alpha value is -0.402. The second kappa shape index (κ2) is 10.5. The number of carbonyl (C=O) groups is 1. The maximum absolute atomic E-state index is 13.0. The third-order valence-corrected chi connectivity index (χ3v) is 12.8. The van der Waals surface area contributed by atoms with Crippen molar-refractivity contribution in [2.24, 2.45) is 0 Å². The second-order valence-corrected chi connectivity index (χ2v) is 14.3. The first-order valence-corrected chi connectivity index (χ1v) is 13.6. The topological polar surface area (TPSA) is 54.0 Å². The Labute approximate surface area is 146 Å². The van der Waals surface area contributed by atoms with E-state index in [4.69, 9.17) is 16.5 Å². The Bertz CT molecular complexity index is 465. The number of carbonyl (C=O) groups excluding carboxylic acids is 1. The summed E-state index contributed by atoms with van der Waals surface area (Å²) in [6, 6.07) is 9.71. The Morgan fingerprint density at radius 2 is 1.61 bits per heavy atom. The SMILES string of the molecule is CCCCCCCC(=O)[Si]1(c2ccccc2)O[SiH2]O[SiH2]O[SiH2]O1. The second-order valence-electron chi connectivity index (χ2n) is 5.62. The van der Waals surface area contributed by atoms with Crippen molar-refractivity contribution in [3.05, 3.63) is 30.3 Å². The summed E-state index contributed by atoms with van der Waals surface area (Å²) in [6.45, 7) is 2.19. The predicted molar refractivity (Wildman–Crippen MR) is 100 cm³/mol. The highest BCUT2D eigenvalue weighted by atomic mass is 28.5. The van der Waals surface area contributed by atoms with Crippen LogP contribution in [0.5, 0.6) is 0 Å². The summed E-state index contributed by atoms with van der Waals surface area (Å²) in [4.78, 5) is 13.0. The highest BCUT2D eigenvalue weighted by Crippen LogP contribution is 2.16. The molecule has 0 N–H and O–H groups in total. The van der Waals surface area contributed by atoms with Crippen molar-refractivity contribution >= 4 is 49.2 Å². The highest BCUT2D eigenvalue weighted by molar-refractivity contribution is 7.09. The van der Waals surface area contributed by atoms with Crippen LogP contribution in [0, 0.1) is 0 Å². The maximum Gasteiger partial charge on any atom is 0.426 e. The molecule has 1 heterocycles. The van der Waals surface area contributed by atoms with E-state index in [1.54, 1.807) is 0 Å². The van der Waals surface area contributed by atoms with E-state index < -0.39 is 38.6 Å². The van der Waals surface area contributed by atoms with Gasteiger partial charge in [-0.05, 0) is 11.6 Å². The molecule has 2 rings (SSSR count). The third-order valence-electron chi connectivity index (χ3n) is 3.89. The van der Waals surface area contributed by atoms with Gasteiger partial charge in [0.25, 0.3) is 30.0 Å². The molecule has 1 aliphatic heterocycles. The standard InChI is InChI=1S/C14H26O5Si4/c1-2-3-4-5-9-12-14(15)23(13-10-7-6-8-11-13)18-21-16-20-17-22-19-23/h6-8,10-11H,2-5,9,12,20-22H2,1H3. The average Bonchev–Trinajstić information content (AvgIpc) is 2.55. The molecule has 1 saturated heterocycles. The molecule has 0 aliphatic carbocycles. The van der Waals surface area contributed by atoms with Gasteiger partial charge in [-0.25, -0.2) is 0 Å². The van der Waals surface area contributed by atoms with Crippen molar-refractivity contribution in [3.63, 3.8) is 0 Å².